The number of hydrogen-bond acceptors (Lipinski definition) is 2. The second-order valence-electron chi connectivity index (χ2n) is 5.49. The van der Waals surface area contributed by atoms with Crippen molar-refractivity contribution in [2.24, 2.45) is 0 Å². The molecule has 116 valence electrons. The molecule has 0 aliphatic heterocycles. The molecule has 0 saturated carbocycles. The topological polar surface area (TPSA) is 32.3 Å². The third kappa shape index (κ3) is 5.01. The first-order valence-electron chi connectivity index (χ1n) is 7.79. The monoisotopic (exact) mass is 296 g/mol. The van der Waals surface area contributed by atoms with Crippen molar-refractivity contribution in [2.45, 2.75) is 26.4 Å². The first-order valence-corrected chi connectivity index (χ1v) is 7.79. The van der Waals surface area contributed by atoms with Crippen molar-refractivity contribution in [3.63, 3.8) is 0 Å². The van der Waals surface area contributed by atoms with Gasteiger partial charge in [0.05, 0.1) is 12.6 Å². The van der Waals surface area contributed by atoms with Crippen molar-refractivity contribution in [1.82, 2.24) is 10.2 Å². The molecule has 1 atom stereocenters. The lowest BCUT2D eigenvalue weighted by Gasteiger charge is -2.21. The number of likely N-dealkylation sites (N-methyl/N-ethyl adjacent to an activating group) is 1. The molecule has 0 fully saturated rings. The van der Waals surface area contributed by atoms with Gasteiger partial charge in [-0.2, -0.15) is 0 Å². The summed E-state index contributed by atoms with van der Waals surface area (Å²) >= 11 is 0. The minimum absolute atomic E-state index is 0.0316. The Morgan fingerprint density at radius 3 is 2.23 bits per heavy atom. The Bertz CT molecular complexity index is 569. The average molecular weight is 296 g/mol. The minimum Gasteiger partial charge on any atom is -0.348 e. The van der Waals surface area contributed by atoms with Crippen LogP contribution in [-0.2, 0) is 11.3 Å². The van der Waals surface area contributed by atoms with Crippen LogP contribution in [0, 0.1) is 0 Å². The number of nitrogens with zero attached hydrogens (tertiary/aromatic N) is 1. The van der Waals surface area contributed by atoms with Crippen LogP contribution in [0.1, 0.15) is 31.0 Å². The van der Waals surface area contributed by atoms with E-state index >= 15 is 0 Å². The maximum absolute atomic E-state index is 12.2. The molecule has 0 aliphatic rings. The largest absolute Gasteiger partial charge is 0.348 e. The lowest BCUT2D eigenvalue weighted by molar-refractivity contribution is -0.123. The highest BCUT2D eigenvalue weighted by atomic mass is 16.2. The summed E-state index contributed by atoms with van der Waals surface area (Å²) in [6, 6.07) is 20.3. The Morgan fingerprint density at radius 1 is 1.05 bits per heavy atom. The first-order chi connectivity index (χ1) is 10.7. The van der Waals surface area contributed by atoms with E-state index < -0.39 is 0 Å². The van der Waals surface area contributed by atoms with Crippen LogP contribution in [0.2, 0.25) is 0 Å². The van der Waals surface area contributed by atoms with E-state index in [2.05, 4.69) is 29.3 Å². The van der Waals surface area contributed by atoms with Gasteiger partial charge in [0.2, 0.25) is 5.91 Å². The van der Waals surface area contributed by atoms with Crippen molar-refractivity contribution in [2.75, 3.05) is 13.1 Å². The highest BCUT2D eigenvalue weighted by Crippen LogP contribution is 2.11. The second-order valence-corrected chi connectivity index (χ2v) is 5.49. The molecule has 1 N–H and O–H groups in total. The molecular formula is C19H24N2O. The van der Waals surface area contributed by atoms with Gasteiger partial charge in [-0.25, -0.2) is 0 Å². The lowest BCUT2D eigenvalue weighted by Crippen LogP contribution is -2.37. The van der Waals surface area contributed by atoms with E-state index in [-0.39, 0.29) is 11.9 Å². The molecule has 0 aromatic heterocycles. The van der Waals surface area contributed by atoms with Gasteiger partial charge in [-0.3, -0.25) is 9.69 Å². The Hall–Kier alpha value is -2.13. The molecule has 0 bridgehead atoms. The van der Waals surface area contributed by atoms with Crippen molar-refractivity contribution < 1.29 is 4.79 Å². The van der Waals surface area contributed by atoms with Crippen LogP contribution in [0.25, 0.3) is 0 Å². The summed E-state index contributed by atoms with van der Waals surface area (Å²) in [5.74, 6) is 0.0640. The fraction of sp³-hybridized carbons (Fsp3) is 0.316. The summed E-state index contributed by atoms with van der Waals surface area (Å²) in [5.41, 5.74) is 2.36. The number of benzene rings is 2. The normalized spacial score (nSPS) is 12.1. The van der Waals surface area contributed by atoms with Crippen LogP contribution in [-0.4, -0.2) is 23.9 Å². The summed E-state index contributed by atoms with van der Waals surface area (Å²) in [5, 5.41) is 3.07. The van der Waals surface area contributed by atoms with Gasteiger partial charge in [-0.1, -0.05) is 67.6 Å². The van der Waals surface area contributed by atoms with Crippen molar-refractivity contribution in [1.29, 1.82) is 0 Å². The maximum atomic E-state index is 12.2. The zero-order valence-electron chi connectivity index (χ0n) is 13.3. The molecule has 3 heteroatoms. The molecule has 0 radical (unpaired) electrons. The minimum atomic E-state index is 0.0316. The molecule has 2 rings (SSSR count). The van der Waals surface area contributed by atoms with Gasteiger partial charge < -0.3 is 5.32 Å². The molecule has 3 nitrogen and oxygen atoms in total. The molecule has 0 aliphatic carbocycles. The molecule has 1 unspecified atom stereocenters. The predicted octanol–water partition coefficient (Wildman–Crippen LogP) is 3.39. The Kier molecular flexibility index (Phi) is 6.16. The molecule has 0 heterocycles. The van der Waals surface area contributed by atoms with Gasteiger partial charge in [0.15, 0.2) is 0 Å². The number of nitrogens with one attached hydrogen (secondary N) is 1. The Morgan fingerprint density at radius 2 is 1.64 bits per heavy atom. The third-order valence-electron chi connectivity index (χ3n) is 3.74. The van der Waals surface area contributed by atoms with E-state index in [9.17, 15) is 4.79 Å². The predicted molar refractivity (Wildman–Crippen MR) is 90.4 cm³/mol. The molecule has 2 aromatic carbocycles. The number of amides is 1. The van der Waals surface area contributed by atoms with Crippen LogP contribution in [0.15, 0.2) is 60.7 Å². The van der Waals surface area contributed by atoms with E-state index in [1.54, 1.807) is 0 Å². The maximum Gasteiger partial charge on any atom is 0.234 e. The molecule has 0 spiro atoms. The fourth-order valence-corrected chi connectivity index (χ4v) is 2.44. The zero-order valence-corrected chi connectivity index (χ0v) is 13.3. The summed E-state index contributed by atoms with van der Waals surface area (Å²) in [6.07, 6.45) is 0. The quantitative estimate of drug-likeness (QED) is 0.849. The smallest absolute Gasteiger partial charge is 0.234 e. The second kappa shape index (κ2) is 8.35. The van der Waals surface area contributed by atoms with Gasteiger partial charge in [0.1, 0.15) is 0 Å². The molecule has 2 aromatic rings. The van der Waals surface area contributed by atoms with E-state index in [1.807, 2.05) is 55.5 Å². The van der Waals surface area contributed by atoms with Crippen LogP contribution < -0.4 is 5.32 Å². The van der Waals surface area contributed by atoms with E-state index in [0.717, 1.165) is 18.7 Å². The van der Waals surface area contributed by atoms with Crippen molar-refractivity contribution in [3.05, 3.63) is 71.8 Å². The van der Waals surface area contributed by atoms with Crippen LogP contribution in [0.4, 0.5) is 0 Å². The average Bonchev–Trinajstić information content (AvgIpc) is 2.56. The standard InChI is InChI=1S/C19H24N2O/c1-3-21(14-17-10-6-4-7-11-17)15-19(22)20-16(2)18-12-8-5-9-13-18/h4-13,16H,3,14-15H2,1-2H3,(H,20,22). The van der Waals surface area contributed by atoms with Gasteiger partial charge >= 0.3 is 0 Å². The van der Waals surface area contributed by atoms with Gasteiger partial charge in [0, 0.05) is 6.54 Å². The highest BCUT2D eigenvalue weighted by molar-refractivity contribution is 5.78. The van der Waals surface area contributed by atoms with Gasteiger partial charge in [0.25, 0.3) is 0 Å². The molecule has 0 saturated heterocycles. The summed E-state index contributed by atoms with van der Waals surface area (Å²) in [6.45, 7) is 6.16. The number of hydrogen-bond donors (Lipinski definition) is 1. The van der Waals surface area contributed by atoms with Gasteiger partial charge in [-0.05, 0) is 24.6 Å². The fourth-order valence-electron chi connectivity index (χ4n) is 2.44. The van der Waals surface area contributed by atoms with Crippen LogP contribution in [0.3, 0.4) is 0 Å². The van der Waals surface area contributed by atoms with Crippen LogP contribution >= 0.6 is 0 Å². The first kappa shape index (κ1) is 16.2. The molecule has 1 amide bonds. The SMILES string of the molecule is CCN(CC(=O)NC(C)c1ccccc1)Cc1ccccc1. The lowest BCUT2D eigenvalue weighted by atomic mass is 10.1. The summed E-state index contributed by atoms with van der Waals surface area (Å²) < 4.78 is 0. The van der Waals surface area contributed by atoms with Crippen molar-refractivity contribution >= 4 is 5.91 Å². The number of carbonyl (C=O) groups excluding carboxylic acids is 1. The summed E-state index contributed by atoms with van der Waals surface area (Å²) in [4.78, 5) is 14.4. The van der Waals surface area contributed by atoms with E-state index in [4.69, 9.17) is 0 Å². The Balaban J connectivity index is 1.87. The highest BCUT2D eigenvalue weighted by Gasteiger charge is 2.13. The summed E-state index contributed by atoms with van der Waals surface area (Å²) in [7, 11) is 0. The van der Waals surface area contributed by atoms with Gasteiger partial charge in [-0.15, -0.1) is 0 Å². The molecular weight excluding hydrogens is 272 g/mol. The van der Waals surface area contributed by atoms with Crippen molar-refractivity contribution in [3.8, 4) is 0 Å². The number of rotatable bonds is 7. The van der Waals surface area contributed by atoms with Crippen LogP contribution in [0.5, 0.6) is 0 Å². The zero-order chi connectivity index (χ0) is 15.8. The number of carbonyl (C=O) groups is 1. The third-order valence-corrected chi connectivity index (χ3v) is 3.74. The Labute approximate surface area is 133 Å². The van der Waals surface area contributed by atoms with E-state index in [0.29, 0.717) is 6.54 Å². The molecule has 22 heavy (non-hydrogen) atoms. The van der Waals surface area contributed by atoms with E-state index in [1.165, 1.54) is 5.56 Å².